The molecule has 0 radical (unpaired) electrons. The number of halogens is 2. The summed E-state index contributed by atoms with van der Waals surface area (Å²) in [6.45, 7) is 1.99. The number of nitrogen functional groups attached to an aromatic ring is 1. The van der Waals surface area contributed by atoms with Gasteiger partial charge in [0.2, 0.25) is 5.95 Å². The average Bonchev–Trinajstić information content (AvgIpc) is 3.38. The highest BCUT2D eigenvalue weighted by atomic mass is 19.1. The second-order valence-electron chi connectivity index (χ2n) is 8.91. The summed E-state index contributed by atoms with van der Waals surface area (Å²) in [6.07, 6.45) is 4.51. The Labute approximate surface area is 211 Å². The van der Waals surface area contributed by atoms with Gasteiger partial charge in [-0.05, 0) is 60.0 Å². The minimum absolute atomic E-state index is 0.0757. The molecule has 182 valence electrons. The van der Waals surface area contributed by atoms with Crippen molar-refractivity contribution in [2.45, 2.75) is 12.8 Å². The van der Waals surface area contributed by atoms with Crippen LogP contribution in [0.3, 0.4) is 0 Å². The van der Waals surface area contributed by atoms with E-state index in [2.05, 4.69) is 9.97 Å². The Kier molecular flexibility index (Phi) is 5.30. The fourth-order valence-electron chi connectivity index (χ4n) is 4.77. The highest BCUT2D eigenvalue weighted by molar-refractivity contribution is 5.79. The third-order valence-corrected chi connectivity index (χ3v) is 6.56. The molecule has 1 unspecified atom stereocenters. The van der Waals surface area contributed by atoms with E-state index >= 15 is 4.39 Å². The van der Waals surface area contributed by atoms with Gasteiger partial charge in [0.25, 0.3) is 0 Å². The van der Waals surface area contributed by atoms with Crippen molar-refractivity contribution in [2.75, 3.05) is 0 Å². The predicted octanol–water partition coefficient (Wildman–Crippen LogP) is 6.23. The Morgan fingerprint density at radius 3 is 2.43 bits per heavy atom. The quantitative estimate of drug-likeness (QED) is 0.174. The summed E-state index contributed by atoms with van der Waals surface area (Å²) in [4.78, 5) is 8.26. The minimum atomic E-state index is -0.641. The molecule has 8 heteroatoms. The maximum absolute atomic E-state index is 15.6. The van der Waals surface area contributed by atoms with E-state index in [1.807, 2.05) is 37.3 Å². The third kappa shape index (κ3) is 3.83. The number of nitrogens with two attached hydrogens (primary N) is 1. The van der Waals surface area contributed by atoms with Crippen molar-refractivity contribution < 1.29 is 13.5 Å². The van der Waals surface area contributed by atoms with Crippen molar-refractivity contribution >= 4 is 5.96 Å². The van der Waals surface area contributed by atoms with Crippen LogP contribution in [-0.4, -0.2) is 20.5 Å². The van der Waals surface area contributed by atoms with Crippen LogP contribution in [0.2, 0.25) is 0 Å². The van der Waals surface area contributed by atoms with E-state index in [0.717, 1.165) is 11.1 Å². The van der Waals surface area contributed by atoms with Gasteiger partial charge in [-0.1, -0.05) is 35.9 Å². The monoisotopic (exact) mass is 493 g/mol. The first-order valence-corrected chi connectivity index (χ1v) is 11.6. The van der Waals surface area contributed by atoms with Gasteiger partial charge in [0, 0.05) is 35.3 Å². The summed E-state index contributed by atoms with van der Waals surface area (Å²) in [5.74, 6) is -1.09. The van der Waals surface area contributed by atoms with Gasteiger partial charge in [-0.25, -0.2) is 14.4 Å². The molecular weight excluding hydrogens is 472 g/mol. The molecule has 0 amide bonds. The highest BCUT2D eigenvalue weighted by Gasteiger charge is 2.35. The molecule has 0 bridgehead atoms. The van der Waals surface area contributed by atoms with Crippen molar-refractivity contribution in [1.82, 2.24) is 14.5 Å². The van der Waals surface area contributed by atoms with Gasteiger partial charge in [-0.3, -0.25) is 9.98 Å². The van der Waals surface area contributed by atoms with Gasteiger partial charge < -0.3 is 10.5 Å². The summed E-state index contributed by atoms with van der Waals surface area (Å²) in [7, 11) is 0. The van der Waals surface area contributed by atoms with Gasteiger partial charge in [0.1, 0.15) is 11.6 Å². The molecule has 3 N–H and O–H groups in total. The maximum atomic E-state index is 15.6. The largest absolute Gasteiger partial charge is 0.454 e. The Hall–Kier alpha value is -4.85. The van der Waals surface area contributed by atoms with Crippen LogP contribution >= 0.6 is 0 Å². The van der Waals surface area contributed by atoms with Gasteiger partial charge in [-0.15, -0.1) is 0 Å². The normalized spacial score (nSPS) is 14.0. The fourth-order valence-corrected chi connectivity index (χ4v) is 4.77. The molecule has 0 saturated carbocycles. The lowest BCUT2D eigenvalue weighted by Gasteiger charge is -2.29. The second-order valence-corrected chi connectivity index (χ2v) is 8.91. The topological polar surface area (TPSA) is 89.8 Å². The molecule has 0 saturated heterocycles. The van der Waals surface area contributed by atoms with E-state index in [0.29, 0.717) is 39.4 Å². The molecule has 3 heterocycles. The standard InChI is InChI=1S/C29H21F2N5O/c1-16-4-6-17(7-5-16)19-14-22-25(28-35-11-12-36(28)29(32)33)21-13-18(20-3-2-10-34-27(20)31)8-9-24(21)37-26(22)23(30)15-19/h2-15,25H,1H3,(H3,32,33). The number of aromatic nitrogens is 3. The third-order valence-electron chi connectivity index (χ3n) is 6.56. The zero-order valence-corrected chi connectivity index (χ0v) is 19.7. The lowest BCUT2D eigenvalue weighted by Crippen LogP contribution is -2.25. The van der Waals surface area contributed by atoms with Crippen LogP contribution < -0.4 is 10.5 Å². The number of rotatable bonds is 3. The second kappa shape index (κ2) is 8.67. The lowest BCUT2D eigenvalue weighted by molar-refractivity contribution is 0.416. The molecule has 0 fully saturated rings. The summed E-state index contributed by atoms with van der Waals surface area (Å²) < 4.78 is 37.6. The molecule has 2 aromatic heterocycles. The van der Waals surface area contributed by atoms with Crippen molar-refractivity contribution in [3.8, 4) is 33.8 Å². The number of nitrogens with one attached hydrogen (secondary N) is 1. The SMILES string of the molecule is Cc1ccc(-c2cc(F)c3c(c2)C(c2nccn2C(=N)N)c2cc(-c4cccnc4F)ccc2O3)cc1. The molecule has 37 heavy (non-hydrogen) atoms. The van der Waals surface area contributed by atoms with Gasteiger partial charge in [-0.2, -0.15) is 4.39 Å². The Balaban J connectivity index is 1.60. The number of hydrogen-bond donors (Lipinski definition) is 2. The molecule has 1 aliphatic heterocycles. The first-order chi connectivity index (χ1) is 17.9. The molecule has 6 nitrogen and oxygen atoms in total. The number of ether oxygens (including phenoxy) is 1. The number of nitrogens with zero attached hydrogens (tertiary/aromatic N) is 3. The van der Waals surface area contributed by atoms with Gasteiger partial charge in [0.05, 0.1) is 5.92 Å². The minimum Gasteiger partial charge on any atom is -0.454 e. The highest BCUT2D eigenvalue weighted by Crippen LogP contribution is 2.50. The summed E-state index contributed by atoms with van der Waals surface area (Å²) in [5.41, 5.74) is 10.5. The Morgan fingerprint density at radius 2 is 1.68 bits per heavy atom. The number of imidazole rings is 1. The van der Waals surface area contributed by atoms with Crippen LogP contribution in [0.15, 0.2) is 85.3 Å². The summed E-state index contributed by atoms with van der Waals surface area (Å²) in [6, 6.07) is 19.6. The molecule has 1 atom stereocenters. The Morgan fingerprint density at radius 1 is 0.919 bits per heavy atom. The van der Waals surface area contributed by atoms with E-state index in [1.54, 1.807) is 36.5 Å². The van der Waals surface area contributed by atoms with E-state index in [9.17, 15) is 4.39 Å². The van der Waals surface area contributed by atoms with Crippen LogP contribution in [0, 0.1) is 24.1 Å². The van der Waals surface area contributed by atoms with Crippen LogP contribution in [0.5, 0.6) is 11.5 Å². The number of hydrogen-bond acceptors (Lipinski definition) is 4. The first-order valence-electron chi connectivity index (χ1n) is 11.6. The fraction of sp³-hybridized carbons (Fsp3) is 0.0690. The van der Waals surface area contributed by atoms with E-state index in [4.69, 9.17) is 15.9 Å². The van der Waals surface area contributed by atoms with Gasteiger partial charge in [0.15, 0.2) is 17.5 Å². The zero-order valence-electron chi connectivity index (χ0n) is 19.7. The van der Waals surface area contributed by atoms with Crippen LogP contribution in [0.1, 0.15) is 28.4 Å². The van der Waals surface area contributed by atoms with Crippen molar-refractivity contribution in [3.05, 3.63) is 120 Å². The summed E-state index contributed by atoms with van der Waals surface area (Å²) >= 11 is 0. The molecule has 0 aliphatic carbocycles. The maximum Gasteiger partial charge on any atom is 0.220 e. The average molecular weight is 494 g/mol. The molecular formula is C29H21F2N5O. The van der Waals surface area contributed by atoms with Crippen molar-refractivity contribution in [2.24, 2.45) is 5.73 Å². The first kappa shape index (κ1) is 22.6. The molecule has 3 aromatic carbocycles. The lowest BCUT2D eigenvalue weighted by atomic mass is 9.84. The van der Waals surface area contributed by atoms with Crippen molar-refractivity contribution in [1.29, 1.82) is 5.41 Å². The van der Waals surface area contributed by atoms with Crippen LogP contribution in [0.4, 0.5) is 8.78 Å². The number of fused-ring (bicyclic) bond motifs is 2. The zero-order chi connectivity index (χ0) is 25.7. The number of benzene rings is 3. The number of pyridine rings is 1. The molecule has 0 spiro atoms. The smallest absolute Gasteiger partial charge is 0.220 e. The molecule has 1 aliphatic rings. The van der Waals surface area contributed by atoms with Gasteiger partial charge >= 0.3 is 0 Å². The van der Waals surface area contributed by atoms with E-state index in [-0.39, 0.29) is 11.7 Å². The Bertz CT molecular complexity index is 1680. The van der Waals surface area contributed by atoms with Crippen LogP contribution in [-0.2, 0) is 0 Å². The van der Waals surface area contributed by atoms with Crippen molar-refractivity contribution in [3.63, 3.8) is 0 Å². The van der Waals surface area contributed by atoms with Crippen LogP contribution in [0.25, 0.3) is 22.3 Å². The van der Waals surface area contributed by atoms with E-state index < -0.39 is 17.7 Å². The van der Waals surface area contributed by atoms with E-state index in [1.165, 1.54) is 23.0 Å². The molecule has 5 aromatic rings. The predicted molar refractivity (Wildman–Crippen MR) is 137 cm³/mol. The number of aryl methyl sites for hydroxylation is 1. The summed E-state index contributed by atoms with van der Waals surface area (Å²) in [5, 5.41) is 8.06. The molecule has 6 rings (SSSR count).